The van der Waals surface area contributed by atoms with Gasteiger partial charge < -0.3 is 15.3 Å². The fourth-order valence-corrected chi connectivity index (χ4v) is 3.31. The van der Waals surface area contributed by atoms with Crippen LogP contribution in [0.25, 0.3) is 0 Å². The molecule has 1 heterocycles. The molecule has 0 aliphatic heterocycles. The van der Waals surface area contributed by atoms with Crippen molar-refractivity contribution in [2.75, 3.05) is 20.6 Å². The zero-order valence-electron chi connectivity index (χ0n) is 13.0. The van der Waals surface area contributed by atoms with E-state index in [1.807, 2.05) is 24.1 Å². The summed E-state index contributed by atoms with van der Waals surface area (Å²) in [5.41, 5.74) is 0.267. The predicted octanol–water partition coefficient (Wildman–Crippen LogP) is 3.28. The van der Waals surface area contributed by atoms with Crippen LogP contribution < -0.4 is 5.32 Å². The number of rotatable bonds is 5. The molecule has 0 saturated heterocycles. The third-order valence-corrected chi connectivity index (χ3v) is 4.53. The van der Waals surface area contributed by atoms with Crippen molar-refractivity contribution in [3.05, 3.63) is 57.0 Å². The maximum absolute atomic E-state index is 13.7. The van der Waals surface area contributed by atoms with Crippen molar-refractivity contribution in [2.45, 2.75) is 12.6 Å². The molecule has 0 radical (unpaired) electrons. The van der Waals surface area contributed by atoms with Crippen LogP contribution in [-0.4, -0.2) is 36.6 Å². The number of thiophene rings is 1. The van der Waals surface area contributed by atoms with Crippen LogP contribution in [0.5, 0.6) is 0 Å². The van der Waals surface area contributed by atoms with E-state index < -0.39 is 11.9 Å². The minimum absolute atomic E-state index is 0.170. The van der Waals surface area contributed by atoms with Gasteiger partial charge in [0, 0.05) is 31.1 Å². The zero-order valence-corrected chi connectivity index (χ0v) is 14.5. The van der Waals surface area contributed by atoms with Gasteiger partial charge in [0.1, 0.15) is 5.82 Å². The van der Waals surface area contributed by atoms with Gasteiger partial charge in [-0.25, -0.2) is 4.39 Å². The van der Waals surface area contributed by atoms with Gasteiger partial charge in [0.2, 0.25) is 0 Å². The summed E-state index contributed by atoms with van der Waals surface area (Å²) in [6.07, 6.45) is -0.947. The Hall–Kier alpha value is -1.63. The summed E-state index contributed by atoms with van der Waals surface area (Å²) in [6.45, 7) is 0.815. The molecule has 2 aromatic rings. The first-order chi connectivity index (χ1) is 11.0. The molecule has 2 rings (SSSR count). The normalized spacial score (nSPS) is 13.0. The van der Waals surface area contributed by atoms with Crippen LogP contribution in [0.1, 0.15) is 16.5 Å². The Morgan fingerprint density at radius 2 is 2.13 bits per heavy atom. The van der Waals surface area contributed by atoms with E-state index in [0.29, 0.717) is 12.5 Å². The van der Waals surface area contributed by atoms with E-state index in [0.717, 1.165) is 9.21 Å². The Labute approximate surface area is 144 Å². The second kappa shape index (κ2) is 8.29. The molecule has 124 valence electrons. The topological polar surface area (TPSA) is 47.9 Å². The van der Waals surface area contributed by atoms with Gasteiger partial charge in [-0.2, -0.15) is 0 Å². The summed E-state index contributed by atoms with van der Waals surface area (Å²) in [7, 11) is 3.55. The predicted molar refractivity (Wildman–Crippen MR) is 93.5 cm³/mol. The van der Waals surface area contributed by atoms with Crippen molar-refractivity contribution in [3.63, 3.8) is 0 Å². The van der Waals surface area contributed by atoms with Crippen LogP contribution in [-0.2, 0) is 6.54 Å². The lowest BCUT2D eigenvalue weighted by Gasteiger charge is -2.23. The molecule has 0 spiro atoms. The molecule has 1 atom stereocenters. The summed E-state index contributed by atoms with van der Waals surface area (Å²) in [5, 5.41) is 13.2. The van der Waals surface area contributed by atoms with E-state index >= 15 is 0 Å². The van der Waals surface area contributed by atoms with Crippen LogP contribution in [0, 0.1) is 5.82 Å². The molecule has 4 nitrogen and oxygen atoms in total. The number of hydrogen-bond acceptors (Lipinski definition) is 3. The van der Waals surface area contributed by atoms with Gasteiger partial charge in [-0.3, -0.25) is 4.99 Å². The van der Waals surface area contributed by atoms with Gasteiger partial charge >= 0.3 is 0 Å². The molecule has 0 aliphatic rings. The summed E-state index contributed by atoms with van der Waals surface area (Å²) in [6, 6.07) is 10.0. The summed E-state index contributed by atoms with van der Waals surface area (Å²) in [5.74, 6) is 0.197. The van der Waals surface area contributed by atoms with Crippen molar-refractivity contribution in [2.24, 2.45) is 4.99 Å². The number of hydrogen-bond donors (Lipinski definition) is 2. The molecular formula is C16H19ClFN3OS. The zero-order chi connectivity index (χ0) is 16.8. The standard InChI is InChI=1S/C16H19ClFN3OS/c1-19-16(21(2)10-11-7-8-15(17)23-11)20-9-14(22)12-5-3-4-6-13(12)18/h3-8,14,22H,9-10H2,1-2H3,(H,19,20). The molecule has 0 saturated carbocycles. The Morgan fingerprint density at radius 3 is 2.74 bits per heavy atom. The average molecular weight is 356 g/mol. The van der Waals surface area contributed by atoms with Crippen molar-refractivity contribution in [3.8, 4) is 0 Å². The van der Waals surface area contributed by atoms with Crippen molar-refractivity contribution >= 4 is 28.9 Å². The van der Waals surface area contributed by atoms with Crippen molar-refractivity contribution in [1.29, 1.82) is 0 Å². The van der Waals surface area contributed by atoms with Crippen molar-refractivity contribution < 1.29 is 9.50 Å². The van der Waals surface area contributed by atoms with Crippen molar-refractivity contribution in [1.82, 2.24) is 10.2 Å². The minimum atomic E-state index is -0.947. The fourth-order valence-electron chi connectivity index (χ4n) is 2.17. The Morgan fingerprint density at radius 1 is 1.39 bits per heavy atom. The molecular weight excluding hydrogens is 337 g/mol. The molecule has 7 heteroatoms. The highest BCUT2D eigenvalue weighted by Gasteiger charge is 2.14. The van der Waals surface area contributed by atoms with Gasteiger partial charge in [0.25, 0.3) is 0 Å². The number of nitrogens with one attached hydrogen (secondary N) is 1. The number of nitrogens with zero attached hydrogens (tertiary/aromatic N) is 2. The highest BCUT2D eigenvalue weighted by Crippen LogP contribution is 2.22. The SMILES string of the molecule is CN=C(NCC(O)c1ccccc1F)N(C)Cc1ccc(Cl)s1. The Kier molecular flexibility index (Phi) is 6.38. The summed E-state index contributed by atoms with van der Waals surface area (Å²) in [4.78, 5) is 7.20. The lowest BCUT2D eigenvalue weighted by atomic mass is 10.1. The third-order valence-electron chi connectivity index (χ3n) is 3.31. The number of aliphatic hydroxyl groups excluding tert-OH is 1. The number of guanidine groups is 1. The molecule has 0 aliphatic carbocycles. The number of halogens is 2. The van der Waals surface area contributed by atoms with Gasteiger partial charge in [0.15, 0.2) is 5.96 Å². The third kappa shape index (κ3) is 4.92. The highest BCUT2D eigenvalue weighted by atomic mass is 35.5. The fraction of sp³-hybridized carbons (Fsp3) is 0.312. The van der Waals surface area contributed by atoms with Crippen LogP contribution in [0.3, 0.4) is 0 Å². The molecule has 0 bridgehead atoms. The van der Waals surface area contributed by atoms with E-state index in [9.17, 15) is 9.50 Å². The van der Waals surface area contributed by atoms with Gasteiger partial charge in [0.05, 0.1) is 17.0 Å². The number of aliphatic hydroxyl groups is 1. The average Bonchev–Trinajstić information content (AvgIpc) is 2.93. The van der Waals surface area contributed by atoms with E-state index in [1.165, 1.54) is 17.4 Å². The minimum Gasteiger partial charge on any atom is -0.386 e. The monoisotopic (exact) mass is 355 g/mol. The molecule has 0 amide bonds. The first kappa shape index (κ1) is 17.7. The molecule has 2 N–H and O–H groups in total. The van der Waals surface area contributed by atoms with E-state index in [2.05, 4.69) is 10.3 Å². The molecule has 1 unspecified atom stereocenters. The smallest absolute Gasteiger partial charge is 0.193 e. The first-order valence-electron chi connectivity index (χ1n) is 7.09. The largest absolute Gasteiger partial charge is 0.386 e. The maximum Gasteiger partial charge on any atom is 0.193 e. The maximum atomic E-state index is 13.7. The van der Waals surface area contributed by atoms with E-state index in [-0.39, 0.29) is 12.1 Å². The number of benzene rings is 1. The molecule has 23 heavy (non-hydrogen) atoms. The van der Waals surface area contributed by atoms with E-state index in [4.69, 9.17) is 11.6 Å². The van der Waals surface area contributed by atoms with Crippen LogP contribution in [0.15, 0.2) is 41.4 Å². The highest BCUT2D eigenvalue weighted by molar-refractivity contribution is 7.16. The Balaban J connectivity index is 1.93. The lowest BCUT2D eigenvalue weighted by molar-refractivity contribution is 0.175. The quantitative estimate of drug-likeness (QED) is 0.639. The van der Waals surface area contributed by atoms with Crippen LogP contribution in [0.2, 0.25) is 4.34 Å². The first-order valence-corrected chi connectivity index (χ1v) is 8.29. The van der Waals surface area contributed by atoms with Gasteiger partial charge in [-0.15, -0.1) is 11.3 Å². The second-order valence-corrected chi connectivity index (χ2v) is 6.83. The molecule has 0 fully saturated rings. The summed E-state index contributed by atoms with van der Waals surface area (Å²) >= 11 is 7.44. The van der Waals surface area contributed by atoms with Gasteiger partial charge in [-0.05, 0) is 18.2 Å². The van der Waals surface area contributed by atoms with Gasteiger partial charge in [-0.1, -0.05) is 29.8 Å². The second-order valence-electron chi connectivity index (χ2n) is 5.03. The number of aliphatic imine (C=N–C) groups is 1. The van der Waals surface area contributed by atoms with Crippen LogP contribution >= 0.6 is 22.9 Å². The lowest BCUT2D eigenvalue weighted by Crippen LogP contribution is -2.40. The molecule has 1 aromatic carbocycles. The summed E-state index contributed by atoms with van der Waals surface area (Å²) < 4.78 is 14.4. The molecule has 1 aromatic heterocycles. The van der Waals surface area contributed by atoms with E-state index in [1.54, 1.807) is 25.2 Å². The van der Waals surface area contributed by atoms with Crippen LogP contribution in [0.4, 0.5) is 4.39 Å². The Bertz CT molecular complexity index is 677.